The van der Waals surface area contributed by atoms with Gasteiger partial charge in [0.2, 0.25) is 10.0 Å². The van der Waals surface area contributed by atoms with Crippen molar-refractivity contribution in [3.05, 3.63) is 103 Å². The van der Waals surface area contributed by atoms with Crippen LogP contribution in [0, 0.1) is 6.92 Å². The summed E-state index contributed by atoms with van der Waals surface area (Å²) in [6.45, 7) is 13.0. The van der Waals surface area contributed by atoms with Crippen LogP contribution in [0.1, 0.15) is 52.0 Å². The lowest BCUT2D eigenvalue weighted by Crippen LogP contribution is -2.67. The second kappa shape index (κ2) is 11.7. The van der Waals surface area contributed by atoms with E-state index >= 15 is 0 Å². The highest BCUT2D eigenvalue weighted by molar-refractivity contribution is 7.89. The third-order valence-corrected chi connectivity index (χ3v) is 14.8. The summed E-state index contributed by atoms with van der Waals surface area (Å²) in [5.74, 6) is 0. The van der Waals surface area contributed by atoms with Crippen LogP contribution in [0.5, 0.6) is 0 Å². The van der Waals surface area contributed by atoms with Crippen LogP contribution in [0.4, 0.5) is 0 Å². The van der Waals surface area contributed by atoms with Gasteiger partial charge in [0.25, 0.3) is 8.32 Å². The van der Waals surface area contributed by atoms with Crippen molar-refractivity contribution in [1.29, 1.82) is 0 Å². The molecular weight excluding hydrogens is 507 g/mol. The van der Waals surface area contributed by atoms with Crippen LogP contribution >= 0.6 is 0 Å². The minimum Gasteiger partial charge on any atom is -0.406 e. The maximum atomic E-state index is 14.0. The Morgan fingerprint density at radius 2 is 1.42 bits per heavy atom. The zero-order valence-electron chi connectivity index (χ0n) is 23.1. The Hall–Kier alpha value is -2.51. The van der Waals surface area contributed by atoms with Crippen molar-refractivity contribution in [1.82, 2.24) is 4.31 Å². The Kier molecular flexibility index (Phi) is 8.77. The van der Waals surface area contributed by atoms with E-state index in [1.165, 1.54) is 10.4 Å². The quantitative estimate of drug-likeness (QED) is 0.229. The molecule has 0 N–H and O–H groups in total. The van der Waals surface area contributed by atoms with Crippen molar-refractivity contribution in [2.24, 2.45) is 0 Å². The van der Waals surface area contributed by atoms with Gasteiger partial charge in [-0.25, -0.2) is 8.42 Å². The molecule has 1 aliphatic heterocycles. The van der Waals surface area contributed by atoms with Crippen molar-refractivity contribution in [3.8, 4) is 0 Å². The zero-order chi connectivity index (χ0) is 27.4. The molecule has 1 aliphatic rings. The second-order valence-corrected chi connectivity index (χ2v) is 17.5. The van der Waals surface area contributed by atoms with Crippen molar-refractivity contribution in [3.63, 3.8) is 0 Å². The summed E-state index contributed by atoms with van der Waals surface area (Å²) >= 11 is 0. The number of rotatable bonds is 10. The Bertz CT molecular complexity index is 1260. The van der Waals surface area contributed by atoms with Crippen LogP contribution in [0.25, 0.3) is 0 Å². The molecule has 4 nitrogen and oxygen atoms in total. The van der Waals surface area contributed by atoms with E-state index < -0.39 is 18.3 Å². The molecule has 0 saturated carbocycles. The van der Waals surface area contributed by atoms with Gasteiger partial charge in [-0.15, -0.1) is 6.58 Å². The van der Waals surface area contributed by atoms with Crippen molar-refractivity contribution < 1.29 is 12.8 Å². The van der Waals surface area contributed by atoms with Crippen molar-refractivity contribution >= 4 is 28.7 Å². The average Bonchev–Trinajstić information content (AvgIpc) is 3.32. The Morgan fingerprint density at radius 1 is 0.895 bits per heavy atom. The van der Waals surface area contributed by atoms with Gasteiger partial charge in [-0.05, 0) is 60.2 Å². The van der Waals surface area contributed by atoms with E-state index in [2.05, 4.69) is 75.9 Å². The molecule has 1 saturated heterocycles. The lowest BCUT2D eigenvalue weighted by Gasteiger charge is -2.44. The smallest absolute Gasteiger partial charge is 0.261 e. The number of allylic oxidation sites excluding steroid dienone is 1. The van der Waals surface area contributed by atoms with Gasteiger partial charge >= 0.3 is 0 Å². The minimum absolute atomic E-state index is 0.0629. The predicted octanol–water partition coefficient (Wildman–Crippen LogP) is 6.06. The lowest BCUT2D eigenvalue weighted by atomic mass is 10.1. The SMILES string of the molecule is C=CCC[C@H]1CC[C@@H](CO[Si](c2ccccc2)(c2ccccc2)C(C)(C)C)N1S(=O)(=O)c1ccc(C)cc1. The zero-order valence-corrected chi connectivity index (χ0v) is 25.0. The van der Waals surface area contributed by atoms with Crippen LogP contribution in [0.3, 0.4) is 0 Å². The molecular formula is C32H41NO3SSi. The van der Waals surface area contributed by atoms with Gasteiger partial charge < -0.3 is 4.43 Å². The highest BCUT2D eigenvalue weighted by Crippen LogP contribution is 2.39. The van der Waals surface area contributed by atoms with Gasteiger partial charge in [-0.2, -0.15) is 4.31 Å². The molecule has 2 atom stereocenters. The van der Waals surface area contributed by atoms with E-state index in [0.717, 1.165) is 31.2 Å². The third kappa shape index (κ3) is 5.59. The lowest BCUT2D eigenvalue weighted by molar-refractivity contribution is 0.202. The molecule has 0 bridgehead atoms. The molecule has 0 aliphatic carbocycles. The number of benzene rings is 3. The third-order valence-electron chi connectivity index (χ3n) is 7.76. The number of sulfonamides is 1. The molecule has 3 aromatic carbocycles. The molecule has 1 heterocycles. The van der Waals surface area contributed by atoms with Crippen molar-refractivity contribution in [2.75, 3.05) is 6.61 Å². The van der Waals surface area contributed by atoms with Crippen LogP contribution in [0.2, 0.25) is 5.04 Å². The predicted molar refractivity (Wildman–Crippen MR) is 160 cm³/mol. The Labute approximate surface area is 230 Å². The number of hydrogen-bond donors (Lipinski definition) is 0. The van der Waals surface area contributed by atoms with Crippen molar-refractivity contribution in [2.45, 2.75) is 75.4 Å². The average molecular weight is 548 g/mol. The fourth-order valence-corrected chi connectivity index (χ4v) is 12.4. The maximum absolute atomic E-state index is 14.0. The molecule has 0 amide bonds. The summed E-state index contributed by atoms with van der Waals surface area (Å²) in [5.41, 5.74) is 1.04. The van der Waals surface area contributed by atoms with Gasteiger partial charge in [-0.1, -0.05) is 105 Å². The first-order valence-electron chi connectivity index (χ1n) is 13.6. The first-order valence-corrected chi connectivity index (χ1v) is 16.9. The van der Waals surface area contributed by atoms with Crippen LogP contribution in [-0.4, -0.2) is 39.7 Å². The van der Waals surface area contributed by atoms with Gasteiger partial charge in [0.15, 0.2) is 0 Å². The fourth-order valence-electron chi connectivity index (χ4n) is 5.88. The number of nitrogens with zero attached hydrogens (tertiary/aromatic N) is 1. The first kappa shape index (κ1) is 28.5. The van der Waals surface area contributed by atoms with Crippen LogP contribution < -0.4 is 10.4 Å². The fraction of sp³-hybridized carbons (Fsp3) is 0.375. The summed E-state index contributed by atoms with van der Waals surface area (Å²) < 4.78 is 37.1. The molecule has 4 rings (SSSR count). The maximum Gasteiger partial charge on any atom is 0.261 e. The van der Waals surface area contributed by atoms with Gasteiger partial charge in [0.1, 0.15) is 0 Å². The summed E-state index contributed by atoms with van der Waals surface area (Å²) in [6.07, 6.45) is 5.04. The largest absolute Gasteiger partial charge is 0.406 e. The van der Waals surface area contributed by atoms with E-state index in [-0.39, 0.29) is 17.1 Å². The van der Waals surface area contributed by atoms with Crippen LogP contribution in [0.15, 0.2) is 102 Å². The van der Waals surface area contributed by atoms with Gasteiger partial charge in [0.05, 0.1) is 11.5 Å². The Morgan fingerprint density at radius 3 is 1.92 bits per heavy atom. The molecule has 0 spiro atoms. The van der Waals surface area contributed by atoms with Gasteiger partial charge in [0, 0.05) is 12.1 Å². The van der Waals surface area contributed by atoms with Gasteiger partial charge in [-0.3, -0.25) is 0 Å². The molecule has 202 valence electrons. The second-order valence-electron chi connectivity index (χ2n) is 11.4. The molecule has 0 radical (unpaired) electrons. The highest BCUT2D eigenvalue weighted by atomic mass is 32.2. The number of aryl methyl sites for hydroxylation is 1. The summed E-state index contributed by atoms with van der Waals surface area (Å²) in [7, 11) is -6.46. The minimum atomic E-state index is -3.68. The molecule has 3 aromatic rings. The number of hydrogen-bond acceptors (Lipinski definition) is 3. The molecule has 1 fully saturated rings. The summed E-state index contributed by atoms with van der Waals surface area (Å²) in [5, 5.41) is 2.23. The summed E-state index contributed by atoms with van der Waals surface area (Å²) in [4.78, 5) is 0.351. The monoisotopic (exact) mass is 547 g/mol. The molecule has 38 heavy (non-hydrogen) atoms. The van der Waals surface area contributed by atoms with E-state index in [4.69, 9.17) is 4.43 Å². The van der Waals surface area contributed by atoms with E-state index in [0.29, 0.717) is 11.5 Å². The van der Waals surface area contributed by atoms with E-state index in [1.807, 2.05) is 37.3 Å². The topological polar surface area (TPSA) is 46.6 Å². The highest BCUT2D eigenvalue weighted by Gasteiger charge is 2.51. The van der Waals surface area contributed by atoms with E-state index in [9.17, 15) is 8.42 Å². The first-order chi connectivity index (χ1) is 18.1. The standard InChI is InChI=1S/C32H41NO3SSi/c1-6-7-14-27-21-22-28(33(27)37(34,35)29-23-19-26(2)20-24-29)25-36-38(32(3,4)5,30-15-10-8-11-16-30)31-17-12-9-13-18-31/h6,8-13,15-20,23-24,27-28H,1,7,14,21-22,25H2,2-5H3/t27-,28-/m0/s1. The molecule has 0 aromatic heterocycles. The summed E-state index contributed by atoms with van der Waals surface area (Å²) in [6, 6.07) is 28.0. The normalized spacial score (nSPS) is 18.9. The van der Waals surface area contributed by atoms with E-state index in [1.54, 1.807) is 16.4 Å². The molecule has 0 unspecified atom stereocenters. The molecule has 6 heteroatoms. The Balaban J connectivity index is 1.75. The van der Waals surface area contributed by atoms with Crippen LogP contribution in [-0.2, 0) is 14.4 Å².